The SMILES string of the molecule is O=C(Cn1cccc1C(=O)N1CCN(C(=O)c2ccccc2)CC1)NCCc1ccccc1. The van der Waals surface area contributed by atoms with Gasteiger partial charge in [0.2, 0.25) is 5.91 Å². The van der Waals surface area contributed by atoms with Crippen molar-refractivity contribution in [3.63, 3.8) is 0 Å². The highest BCUT2D eigenvalue weighted by molar-refractivity contribution is 5.95. The summed E-state index contributed by atoms with van der Waals surface area (Å²) < 4.78 is 1.68. The van der Waals surface area contributed by atoms with Crippen molar-refractivity contribution in [2.75, 3.05) is 32.7 Å². The summed E-state index contributed by atoms with van der Waals surface area (Å²) in [4.78, 5) is 41.6. The van der Waals surface area contributed by atoms with Gasteiger partial charge in [-0.05, 0) is 36.2 Å². The first-order valence-electron chi connectivity index (χ1n) is 11.2. The Balaban J connectivity index is 1.28. The van der Waals surface area contributed by atoms with Gasteiger partial charge in [0.05, 0.1) is 0 Å². The van der Waals surface area contributed by atoms with Crippen LogP contribution in [0.5, 0.6) is 0 Å². The van der Waals surface area contributed by atoms with Gasteiger partial charge in [0.15, 0.2) is 0 Å². The van der Waals surface area contributed by atoms with Crippen LogP contribution in [0, 0.1) is 0 Å². The summed E-state index contributed by atoms with van der Waals surface area (Å²) in [5, 5.41) is 2.92. The predicted molar refractivity (Wildman–Crippen MR) is 126 cm³/mol. The van der Waals surface area contributed by atoms with Crippen molar-refractivity contribution in [3.05, 3.63) is 95.8 Å². The molecule has 0 unspecified atom stereocenters. The minimum Gasteiger partial charge on any atom is -0.354 e. The molecule has 3 amide bonds. The predicted octanol–water partition coefficient (Wildman–Crippen LogP) is 2.45. The Morgan fingerprint density at radius 2 is 1.33 bits per heavy atom. The summed E-state index contributed by atoms with van der Waals surface area (Å²) in [7, 11) is 0. The third-order valence-corrected chi connectivity index (χ3v) is 5.82. The highest BCUT2D eigenvalue weighted by Gasteiger charge is 2.27. The minimum atomic E-state index is -0.130. The Morgan fingerprint density at radius 3 is 2.00 bits per heavy atom. The lowest BCUT2D eigenvalue weighted by atomic mass is 10.1. The lowest BCUT2D eigenvalue weighted by Gasteiger charge is -2.35. The van der Waals surface area contributed by atoms with Crippen molar-refractivity contribution in [1.82, 2.24) is 19.7 Å². The average molecular weight is 445 g/mol. The molecular formula is C26H28N4O3. The van der Waals surface area contributed by atoms with E-state index in [1.807, 2.05) is 48.5 Å². The Kier molecular flexibility index (Phi) is 7.19. The maximum Gasteiger partial charge on any atom is 0.270 e. The van der Waals surface area contributed by atoms with Crippen LogP contribution in [0.1, 0.15) is 26.4 Å². The summed E-state index contributed by atoms with van der Waals surface area (Å²) >= 11 is 0. The molecule has 1 N–H and O–H groups in total. The number of hydrogen-bond acceptors (Lipinski definition) is 3. The molecule has 2 heterocycles. The molecule has 4 rings (SSSR count). The van der Waals surface area contributed by atoms with Crippen molar-refractivity contribution < 1.29 is 14.4 Å². The molecule has 1 saturated heterocycles. The van der Waals surface area contributed by atoms with Crippen LogP contribution in [-0.2, 0) is 17.8 Å². The van der Waals surface area contributed by atoms with E-state index in [9.17, 15) is 14.4 Å². The zero-order chi connectivity index (χ0) is 23.0. The molecule has 0 bridgehead atoms. The lowest BCUT2D eigenvalue weighted by molar-refractivity contribution is -0.121. The third kappa shape index (κ3) is 5.68. The fourth-order valence-electron chi connectivity index (χ4n) is 3.99. The molecule has 0 radical (unpaired) electrons. The Hall–Kier alpha value is -3.87. The number of benzene rings is 2. The van der Waals surface area contributed by atoms with Crippen LogP contribution in [0.2, 0.25) is 0 Å². The van der Waals surface area contributed by atoms with Crippen molar-refractivity contribution in [1.29, 1.82) is 0 Å². The third-order valence-electron chi connectivity index (χ3n) is 5.82. The molecule has 0 atom stereocenters. The molecule has 0 spiro atoms. The molecular weight excluding hydrogens is 416 g/mol. The Morgan fingerprint density at radius 1 is 0.727 bits per heavy atom. The van der Waals surface area contributed by atoms with E-state index in [1.165, 1.54) is 5.56 Å². The average Bonchev–Trinajstić information content (AvgIpc) is 3.32. The Bertz CT molecular complexity index is 1090. The van der Waals surface area contributed by atoms with Gasteiger partial charge in [-0.1, -0.05) is 48.5 Å². The van der Waals surface area contributed by atoms with E-state index in [-0.39, 0.29) is 24.3 Å². The molecule has 1 aromatic heterocycles. The van der Waals surface area contributed by atoms with Crippen molar-refractivity contribution in [2.45, 2.75) is 13.0 Å². The first-order chi connectivity index (χ1) is 16.1. The molecule has 1 aliphatic rings. The maximum absolute atomic E-state index is 13.1. The molecule has 1 aliphatic heterocycles. The summed E-state index contributed by atoms with van der Waals surface area (Å²) in [6.07, 6.45) is 2.51. The van der Waals surface area contributed by atoms with Gasteiger partial charge < -0.3 is 19.7 Å². The smallest absolute Gasteiger partial charge is 0.270 e. The lowest BCUT2D eigenvalue weighted by Crippen LogP contribution is -2.51. The minimum absolute atomic E-state index is 0.0155. The zero-order valence-electron chi connectivity index (χ0n) is 18.5. The van der Waals surface area contributed by atoms with Crippen LogP contribution in [0.25, 0.3) is 0 Å². The first-order valence-corrected chi connectivity index (χ1v) is 11.2. The molecule has 3 aromatic rings. The summed E-state index contributed by atoms with van der Waals surface area (Å²) in [6.45, 7) is 2.54. The summed E-state index contributed by atoms with van der Waals surface area (Å²) in [5.74, 6) is -0.267. The van der Waals surface area contributed by atoms with Gasteiger partial charge in [-0.2, -0.15) is 0 Å². The van der Waals surface area contributed by atoms with Crippen LogP contribution < -0.4 is 5.32 Å². The van der Waals surface area contributed by atoms with E-state index in [2.05, 4.69) is 5.32 Å². The molecule has 33 heavy (non-hydrogen) atoms. The normalized spacial score (nSPS) is 13.6. The topological polar surface area (TPSA) is 74.7 Å². The molecule has 2 aromatic carbocycles. The molecule has 7 nitrogen and oxygen atoms in total. The first kappa shape index (κ1) is 22.3. The van der Waals surface area contributed by atoms with Crippen LogP contribution in [-0.4, -0.2) is 64.8 Å². The van der Waals surface area contributed by atoms with Gasteiger partial charge in [0.25, 0.3) is 11.8 Å². The fourth-order valence-corrected chi connectivity index (χ4v) is 3.99. The number of aromatic nitrogens is 1. The number of rotatable bonds is 7. The highest BCUT2D eigenvalue weighted by Crippen LogP contribution is 2.13. The van der Waals surface area contributed by atoms with E-state index in [4.69, 9.17) is 0 Å². The van der Waals surface area contributed by atoms with E-state index < -0.39 is 0 Å². The fraction of sp³-hybridized carbons (Fsp3) is 0.269. The maximum atomic E-state index is 13.1. The van der Waals surface area contributed by atoms with Crippen molar-refractivity contribution in [2.24, 2.45) is 0 Å². The second kappa shape index (κ2) is 10.6. The standard InChI is InChI=1S/C26H28N4O3/c31-24(27-14-13-21-8-3-1-4-9-21)20-30-15-7-12-23(30)26(33)29-18-16-28(17-19-29)25(32)22-10-5-2-6-11-22/h1-12,15H,13-14,16-20H2,(H,27,31). The number of carbonyl (C=O) groups is 3. The molecule has 170 valence electrons. The number of hydrogen-bond donors (Lipinski definition) is 1. The van der Waals surface area contributed by atoms with Crippen LogP contribution in [0.4, 0.5) is 0 Å². The zero-order valence-corrected chi connectivity index (χ0v) is 18.5. The highest BCUT2D eigenvalue weighted by atomic mass is 16.2. The van der Waals surface area contributed by atoms with Crippen LogP contribution >= 0.6 is 0 Å². The van der Waals surface area contributed by atoms with Crippen molar-refractivity contribution >= 4 is 17.7 Å². The van der Waals surface area contributed by atoms with Crippen LogP contribution in [0.3, 0.4) is 0 Å². The number of nitrogens with zero attached hydrogens (tertiary/aromatic N) is 3. The second-order valence-electron chi connectivity index (χ2n) is 8.06. The van der Waals surface area contributed by atoms with E-state index in [0.29, 0.717) is 44.0 Å². The quantitative estimate of drug-likeness (QED) is 0.608. The summed E-state index contributed by atoms with van der Waals surface area (Å²) in [6, 6.07) is 22.7. The number of nitrogens with one attached hydrogen (secondary N) is 1. The molecule has 0 aliphatic carbocycles. The molecule has 7 heteroatoms. The van der Waals surface area contributed by atoms with Gasteiger partial charge in [0.1, 0.15) is 12.2 Å². The van der Waals surface area contributed by atoms with Gasteiger partial charge >= 0.3 is 0 Å². The second-order valence-corrected chi connectivity index (χ2v) is 8.06. The van der Waals surface area contributed by atoms with Crippen LogP contribution in [0.15, 0.2) is 79.0 Å². The van der Waals surface area contributed by atoms with E-state index in [0.717, 1.165) is 6.42 Å². The van der Waals surface area contributed by atoms with Gasteiger partial charge in [0, 0.05) is 44.5 Å². The van der Waals surface area contributed by atoms with Gasteiger partial charge in [-0.15, -0.1) is 0 Å². The molecule has 0 saturated carbocycles. The largest absolute Gasteiger partial charge is 0.354 e. The molecule has 1 fully saturated rings. The number of amides is 3. The summed E-state index contributed by atoms with van der Waals surface area (Å²) in [5.41, 5.74) is 2.31. The van der Waals surface area contributed by atoms with Gasteiger partial charge in [-0.25, -0.2) is 0 Å². The van der Waals surface area contributed by atoms with Gasteiger partial charge in [-0.3, -0.25) is 14.4 Å². The number of piperazine rings is 1. The Labute approximate surface area is 193 Å². The number of carbonyl (C=O) groups excluding carboxylic acids is 3. The van der Waals surface area contributed by atoms with E-state index >= 15 is 0 Å². The van der Waals surface area contributed by atoms with E-state index in [1.54, 1.807) is 44.8 Å². The van der Waals surface area contributed by atoms with Crippen molar-refractivity contribution in [3.8, 4) is 0 Å². The monoisotopic (exact) mass is 444 g/mol.